The molecule has 0 aromatic heterocycles. The van der Waals surface area contributed by atoms with Crippen LogP contribution in [-0.2, 0) is 9.59 Å². The Bertz CT molecular complexity index is 956. The van der Waals surface area contributed by atoms with Crippen LogP contribution in [0.1, 0.15) is 72.6 Å². The first kappa shape index (κ1) is 22.7. The van der Waals surface area contributed by atoms with Crippen LogP contribution in [0.2, 0.25) is 0 Å². The summed E-state index contributed by atoms with van der Waals surface area (Å²) in [7, 11) is 0. The second-order valence-electron chi connectivity index (χ2n) is 11.7. The molecule has 4 aliphatic rings. The summed E-state index contributed by atoms with van der Waals surface area (Å²) in [5, 5.41) is 3.69. The molecule has 178 valence electrons. The van der Waals surface area contributed by atoms with E-state index in [1.807, 2.05) is 24.3 Å². The van der Waals surface area contributed by atoms with Crippen LogP contribution in [0.3, 0.4) is 0 Å². The van der Waals surface area contributed by atoms with Crippen LogP contribution in [-0.4, -0.2) is 24.3 Å². The number of hydrogen-bond acceptors (Lipinski definition) is 3. The van der Waals surface area contributed by atoms with Crippen molar-refractivity contribution in [3.05, 3.63) is 42.1 Å². The van der Waals surface area contributed by atoms with Crippen molar-refractivity contribution >= 4 is 17.4 Å². The number of carbonyl (C=O) groups is 2. The number of carbonyl (C=O) groups excluding carboxylic acids is 2. The summed E-state index contributed by atoms with van der Waals surface area (Å²) in [4.78, 5) is 28.3. The second-order valence-corrected chi connectivity index (χ2v) is 11.7. The van der Waals surface area contributed by atoms with E-state index in [-0.39, 0.29) is 28.6 Å². The third-order valence-corrected chi connectivity index (χ3v) is 10.2. The number of nitrogens with one attached hydrogen (secondary N) is 1. The number of allylic oxidation sites excluding steroid dienone is 2. The van der Waals surface area contributed by atoms with Crippen molar-refractivity contribution in [2.45, 2.75) is 78.7 Å². The van der Waals surface area contributed by atoms with Gasteiger partial charge in [0.25, 0.3) is 0 Å². The molecule has 1 aromatic carbocycles. The van der Waals surface area contributed by atoms with Gasteiger partial charge in [0, 0.05) is 47.8 Å². The minimum Gasteiger partial charge on any atom is -0.387 e. The molecule has 4 heteroatoms. The van der Waals surface area contributed by atoms with Crippen LogP contribution in [0.15, 0.2) is 42.1 Å². The fourth-order valence-corrected chi connectivity index (χ4v) is 8.09. The molecular formula is C29H40N2O2. The molecule has 7 atom stereocenters. The normalized spacial score (nSPS) is 38.3. The standard InChI is InChI=1S/C29H40N2O2/c1-5-19(2)31(20-9-7-6-8-10-20)27(33)25-12-11-23-22-18-30-26-17-21(32)13-15-29(26,4)24(22)14-16-28(23,25)3/h6-10,17,19,22-25,30H,5,11-16,18H2,1-4H3/t19?,22-,23-,24+,25?,28-,29+/m0/s1. The summed E-state index contributed by atoms with van der Waals surface area (Å²) in [6.45, 7) is 10.1. The average Bonchev–Trinajstić information content (AvgIpc) is 3.17. The molecule has 0 spiro atoms. The topological polar surface area (TPSA) is 49.4 Å². The predicted molar refractivity (Wildman–Crippen MR) is 133 cm³/mol. The fourth-order valence-electron chi connectivity index (χ4n) is 8.09. The molecule has 4 nitrogen and oxygen atoms in total. The lowest BCUT2D eigenvalue weighted by atomic mass is 9.50. The highest BCUT2D eigenvalue weighted by Crippen LogP contribution is 2.64. The van der Waals surface area contributed by atoms with Crippen LogP contribution >= 0.6 is 0 Å². The molecule has 2 unspecified atom stereocenters. The zero-order valence-corrected chi connectivity index (χ0v) is 20.8. The zero-order valence-electron chi connectivity index (χ0n) is 20.8. The van der Waals surface area contributed by atoms with Gasteiger partial charge in [-0.3, -0.25) is 9.59 Å². The summed E-state index contributed by atoms with van der Waals surface area (Å²) in [6, 6.07) is 10.5. The number of para-hydroxylation sites is 1. The van der Waals surface area contributed by atoms with Gasteiger partial charge in [-0.15, -0.1) is 0 Å². The number of benzene rings is 1. The summed E-state index contributed by atoms with van der Waals surface area (Å²) in [5.41, 5.74) is 2.36. The molecule has 1 heterocycles. The largest absolute Gasteiger partial charge is 0.387 e. The molecule has 3 fully saturated rings. The van der Waals surface area contributed by atoms with Gasteiger partial charge in [-0.1, -0.05) is 39.0 Å². The van der Waals surface area contributed by atoms with E-state index < -0.39 is 0 Å². The molecule has 1 saturated heterocycles. The number of nitrogens with zero attached hydrogens (tertiary/aromatic N) is 1. The Morgan fingerprint density at radius 3 is 2.61 bits per heavy atom. The van der Waals surface area contributed by atoms with Crippen molar-refractivity contribution in [3.63, 3.8) is 0 Å². The SMILES string of the molecule is CCC(C)N(C(=O)C1CC[C@H]2[C@@H]3CNC4=CC(=O)CC[C@]4(C)[C@@H]3CC[C@]12C)c1ccccc1. The van der Waals surface area contributed by atoms with Crippen LogP contribution in [0.5, 0.6) is 0 Å². The van der Waals surface area contributed by atoms with E-state index in [0.717, 1.165) is 44.3 Å². The molecule has 0 radical (unpaired) electrons. The van der Waals surface area contributed by atoms with E-state index in [1.54, 1.807) is 0 Å². The Hall–Kier alpha value is -2.10. The quantitative estimate of drug-likeness (QED) is 0.640. The van der Waals surface area contributed by atoms with E-state index >= 15 is 0 Å². The van der Waals surface area contributed by atoms with Crippen molar-refractivity contribution in [3.8, 4) is 0 Å². The molecule has 1 aliphatic heterocycles. The van der Waals surface area contributed by atoms with Crippen molar-refractivity contribution in [2.24, 2.45) is 34.5 Å². The smallest absolute Gasteiger partial charge is 0.230 e. The number of amides is 1. The van der Waals surface area contributed by atoms with Gasteiger partial charge in [-0.25, -0.2) is 0 Å². The first-order chi connectivity index (χ1) is 15.8. The fraction of sp³-hybridized carbons (Fsp3) is 0.655. The van der Waals surface area contributed by atoms with Crippen LogP contribution in [0.4, 0.5) is 5.69 Å². The minimum absolute atomic E-state index is 0.0580. The number of fused-ring (bicyclic) bond motifs is 5. The predicted octanol–water partition coefficient (Wildman–Crippen LogP) is 5.73. The highest BCUT2D eigenvalue weighted by atomic mass is 16.2. The molecule has 2 saturated carbocycles. The second kappa shape index (κ2) is 8.29. The summed E-state index contributed by atoms with van der Waals surface area (Å²) >= 11 is 0. The number of ketones is 1. The van der Waals surface area contributed by atoms with E-state index in [2.05, 4.69) is 50.0 Å². The van der Waals surface area contributed by atoms with Crippen molar-refractivity contribution < 1.29 is 9.59 Å². The summed E-state index contributed by atoms with van der Waals surface area (Å²) in [5.74, 6) is 2.47. The lowest BCUT2D eigenvalue weighted by Crippen LogP contribution is -2.57. The number of hydrogen-bond donors (Lipinski definition) is 1. The van der Waals surface area contributed by atoms with Gasteiger partial charge in [-0.2, -0.15) is 0 Å². The van der Waals surface area contributed by atoms with E-state index in [4.69, 9.17) is 0 Å². The van der Waals surface area contributed by atoms with Gasteiger partial charge in [0.1, 0.15) is 0 Å². The van der Waals surface area contributed by atoms with Gasteiger partial charge in [-0.05, 0) is 80.8 Å². The number of piperidine rings is 1. The minimum atomic E-state index is 0.0580. The molecule has 1 N–H and O–H groups in total. The third-order valence-electron chi connectivity index (χ3n) is 10.2. The van der Waals surface area contributed by atoms with Crippen molar-refractivity contribution in [1.29, 1.82) is 0 Å². The highest BCUT2D eigenvalue weighted by Gasteiger charge is 2.61. The zero-order chi connectivity index (χ0) is 23.4. The first-order valence-corrected chi connectivity index (χ1v) is 13.2. The van der Waals surface area contributed by atoms with Gasteiger partial charge in [0.15, 0.2) is 5.78 Å². The molecule has 1 aromatic rings. The Balaban J connectivity index is 1.43. The highest BCUT2D eigenvalue weighted by molar-refractivity contribution is 5.96. The average molecular weight is 449 g/mol. The van der Waals surface area contributed by atoms with E-state index in [9.17, 15) is 9.59 Å². The van der Waals surface area contributed by atoms with Gasteiger partial charge >= 0.3 is 0 Å². The molecule has 1 amide bonds. The van der Waals surface area contributed by atoms with Crippen molar-refractivity contribution in [1.82, 2.24) is 5.32 Å². The number of anilines is 1. The van der Waals surface area contributed by atoms with E-state index in [1.165, 1.54) is 12.1 Å². The Labute approximate surface area is 199 Å². The Morgan fingerprint density at radius 2 is 1.88 bits per heavy atom. The van der Waals surface area contributed by atoms with Gasteiger partial charge < -0.3 is 10.2 Å². The van der Waals surface area contributed by atoms with E-state index in [0.29, 0.717) is 30.1 Å². The molecule has 0 bridgehead atoms. The van der Waals surface area contributed by atoms with Crippen LogP contribution in [0.25, 0.3) is 0 Å². The first-order valence-electron chi connectivity index (χ1n) is 13.2. The van der Waals surface area contributed by atoms with Crippen LogP contribution < -0.4 is 10.2 Å². The maximum atomic E-state index is 14.2. The van der Waals surface area contributed by atoms with Crippen molar-refractivity contribution in [2.75, 3.05) is 11.4 Å². The monoisotopic (exact) mass is 448 g/mol. The molecular weight excluding hydrogens is 408 g/mol. The van der Waals surface area contributed by atoms with Crippen LogP contribution in [0, 0.1) is 34.5 Å². The maximum Gasteiger partial charge on any atom is 0.230 e. The number of rotatable bonds is 4. The van der Waals surface area contributed by atoms with Gasteiger partial charge in [0.2, 0.25) is 5.91 Å². The molecule has 5 rings (SSSR count). The lowest BCUT2D eigenvalue weighted by molar-refractivity contribution is -0.130. The maximum absolute atomic E-state index is 14.2. The lowest BCUT2D eigenvalue weighted by Gasteiger charge is -2.58. The Kier molecular flexibility index (Phi) is 5.69. The third kappa shape index (κ3) is 3.47. The molecule has 3 aliphatic carbocycles. The summed E-state index contributed by atoms with van der Waals surface area (Å²) in [6.07, 6.45) is 8.91. The van der Waals surface area contributed by atoms with Gasteiger partial charge in [0.05, 0.1) is 0 Å². The molecule has 33 heavy (non-hydrogen) atoms. The summed E-state index contributed by atoms with van der Waals surface area (Å²) < 4.78 is 0. The Morgan fingerprint density at radius 1 is 1.12 bits per heavy atom.